The number of nitrogens with zero attached hydrogens (tertiary/aromatic N) is 1. The van der Waals surface area contributed by atoms with Crippen LogP contribution in [0.3, 0.4) is 0 Å². The molecular weight excluding hydrogens is 228 g/mol. The summed E-state index contributed by atoms with van der Waals surface area (Å²) in [5.41, 5.74) is 5.95. The molecule has 16 heavy (non-hydrogen) atoms. The predicted octanol–water partition coefficient (Wildman–Crippen LogP) is 1.23. The zero-order valence-electron chi connectivity index (χ0n) is 8.88. The molecule has 0 aliphatic carbocycles. The number of rotatable bonds is 5. The standard InChI is InChI=1S/C10H14N2O3S/c1-6(3-5-13)16-9-8(11)7(10(14)15)2-4-12-9/h2,4,6,13H,3,5,11H2,1H3,(H,14,15). The van der Waals surface area contributed by atoms with Gasteiger partial charge in [-0.1, -0.05) is 6.92 Å². The lowest BCUT2D eigenvalue weighted by Gasteiger charge is -2.11. The van der Waals surface area contributed by atoms with E-state index in [4.69, 9.17) is 15.9 Å². The highest BCUT2D eigenvalue weighted by Crippen LogP contribution is 2.29. The average molecular weight is 242 g/mol. The van der Waals surface area contributed by atoms with Crippen LogP contribution in [-0.2, 0) is 0 Å². The first-order valence-corrected chi connectivity index (χ1v) is 5.69. The SMILES string of the molecule is CC(CCO)Sc1nccc(C(=O)O)c1N. The molecule has 0 radical (unpaired) electrons. The van der Waals surface area contributed by atoms with Crippen molar-refractivity contribution >= 4 is 23.4 Å². The first-order chi connectivity index (χ1) is 7.56. The molecule has 0 saturated carbocycles. The Kier molecular flexibility index (Phi) is 4.57. The summed E-state index contributed by atoms with van der Waals surface area (Å²) in [6, 6.07) is 1.37. The second-order valence-corrected chi connectivity index (χ2v) is 4.75. The minimum absolute atomic E-state index is 0.0636. The summed E-state index contributed by atoms with van der Waals surface area (Å²) in [7, 11) is 0. The van der Waals surface area contributed by atoms with E-state index in [-0.39, 0.29) is 23.1 Å². The number of pyridine rings is 1. The Morgan fingerprint density at radius 3 is 2.94 bits per heavy atom. The molecule has 0 aliphatic heterocycles. The zero-order chi connectivity index (χ0) is 12.1. The third-order valence-corrected chi connectivity index (χ3v) is 3.22. The molecule has 4 N–H and O–H groups in total. The van der Waals surface area contributed by atoms with Gasteiger partial charge in [-0.3, -0.25) is 0 Å². The van der Waals surface area contributed by atoms with Crippen LogP contribution >= 0.6 is 11.8 Å². The van der Waals surface area contributed by atoms with Gasteiger partial charge in [-0.2, -0.15) is 0 Å². The molecule has 0 aromatic carbocycles. The molecular formula is C10H14N2O3S. The molecule has 0 saturated heterocycles. The van der Waals surface area contributed by atoms with Crippen molar-refractivity contribution < 1.29 is 15.0 Å². The number of aromatic nitrogens is 1. The monoisotopic (exact) mass is 242 g/mol. The highest BCUT2D eigenvalue weighted by Gasteiger charge is 2.14. The molecule has 0 spiro atoms. The van der Waals surface area contributed by atoms with E-state index in [0.717, 1.165) is 0 Å². The lowest BCUT2D eigenvalue weighted by molar-refractivity contribution is 0.0697. The van der Waals surface area contributed by atoms with E-state index in [1.54, 1.807) is 0 Å². The highest BCUT2D eigenvalue weighted by molar-refractivity contribution is 8.00. The second-order valence-electron chi connectivity index (χ2n) is 3.32. The van der Waals surface area contributed by atoms with E-state index in [1.165, 1.54) is 24.0 Å². The van der Waals surface area contributed by atoms with Crippen LogP contribution in [0, 0.1) is 0 Å². The summed E-state index contributed by atoms with van der Waals surface area (Å²) in [5, 5.41) is 18.3. The third-order valence-electron chi connectivity index (χ3n) is 2.03. The number of anilines is 1. The van der Waals surface area contributed by atoms with Crippen molar-refractivity contribution in [2.45, 2.75) is 23.6 Å². The molecule has 1 aromatic rings. The Bertz CT molecular complexity index is 384. The molecule has 5 nitrogen and oxygen atoms in total. The van der Waals surface area contributed by atoms with Gasteiger partial charge in [-0.15, -0.1) is 11.8 Å². The van der Waals surface area contributed by atoms with Gasteiger partial charge in [0.15, 0.2) is 0 Å². The molecule has 1 heterocycles. The quantitative estimate of drug-likeness (QED) is 0.672. The number of nitrogens with two attached hydrogens (primary N) is 1. The molecule has 1 atom stereocenters. The number of carboxylic acids is 1. The van der Waals surface area contributed by atoms with E-state index < -0.39 is 5.97 Å². The number of aromatic carboxylic acids is 1. The molecule has 0 bridgehead atoms. The summed E-state index contributed by atoms with van der Waals surface area (Å²) in [5.74, 6) is -1.06. The summed E-state index contributed by atoms with van der Waals surface area (Å²) >= 11 is 1.37. The summed E-state index contributed by atoms with van der Waals surface area (Å²) in [6.07, 6.45) is 2.04. The molecule has 88 valence electrons. The van der Waals surface area contributed by atoms with Gasteiger partial charge in [0.25, 0.3) is 0 Å². The Balaban J connectivity index is 2.89. The minimum atomic E-state index is -1.06. The smallest absolute Gasteiger partial charge is 0.337 e. The fourth-order valence-electron chi connectivity index (χ4n) is 1.17. The second kappa shape index (κ2) is 5.72. The number of thioether (sulfide) groups is 1. The van der Waals surface area contributed by atoms with Crippen LogP contribution in [0.4, 0.5) is 5.69 Å². The first kappa shape index (κ1) is 12.8. The van der Waals surface area contributed by atoms with Crippen LogP contribution in [0.1, 0.15) is 23.7 Å². The van der Waals surface area contributed by atoms with Gasteiger partial charge < -0.3 is 15.9 Å². The third kappa shape index (κ3) is 3.11. The van der Waals surface area contributed by atoms with Crippen LogP contribution in [0.2, 0.25) is 0 Å². The van der Waals surface area contributed by atoms with Gasteiger partial charge in [-0.25, -0.2) is 9.78 Å². The number of carboxylic acid groups (broad SMARTS) is 1. The summed E-state index contributed by atoms with van der Waals surface area (Å²) in [4.78, 5) is 14.9. The van der Waals surface area contributed by atoms with Crippen LogP contribution in [0.25, 0.3) is 0 Å². The maximum absolute atomic E-state index is 10.8. The number of hydrogen-bond acceptors (Lipinski definition) is 5. The predicted molar refractivity (Wildman–Crippen MR) is 62.6 cm³/mol. The van der Waals surface area contributed by atoms with Gasteiger partial charge in [0, 0.05) is 18.1 Å². The summed E-state index contributed by atoms with van der Waals surface area (Å²) in [6.45, 7) is 2.02. The maximum atomic E-state index is 10.8. The Hall–Kier alpha value is -1.27. The van der Waals surface area contributed by atoms with Gasteiger partial charge in [-0.05, 0) is 12.5 Å². The topological polar surface area (TPSA) is 96.4 Å². The largest absolute Gasteiger partial charge is 0.478 e. The van der Waals surface area contributed by atoms with Crippen LogP contribution in [0.15, 0.2) is 17.3 Å². The Morgan fingerprint density at radius 1 is 1.69 bits per heavy atom. The summed E-state index contributed by atoms with van der Waals surface area (Å²) < 4.78 is 0. The fraction of sp³-hybridized carbons (Fsp3) is 0.400. The Morgan fingerprint density at radius 2 is 2.38 bits per heavy atom. The van der Waals surface area contributed by atoms with Crippen molar-refractivity contribution in [3.63, 3.8) is 0 Å². The average Bonchev–Trinajstić information content (AvgIpc) is 2.21. The molecule has 0 amide bonds. The van der Waals surface area contributed by atoms with E-state index in [2.05, 4.69) is 4.98 Å². The fourth-order valence-corrected chi connectivity index (χ4v) is 2.13. The number of carbonyl (C=O) groups is 1. The molecule has 0 fully saturated rings. The van der Waals surface area contributed by atoms with Gasteiger partial charge >= 0.3 is 5.97 Å². The van der Waals surface area contributed by atoms with E-state index >= 15 is 0 Å². The van der Waals surface area contributed by atoms with Crippen molar-refractivity contribution in [3.05, 3.63) is 17.8 Å². The number of hydrogen-bond donors (Lipinski definition) is 3. The lowest BCUT2D eigenvalue weighted by atomic mass is 10.2. The minimum Gasteiger partial charge on any atom is -0.478 e. The number of nitrogen functional groups attached to an aromatic ring is 1. The van der Waals surface area contributed by atoms with Crippen LogP contribution in [-0.4, -0.2) is 33.0 Å². The molecule has 1 aromatic heterocycles. The molecule has 0 aliphatic rings. The maximum Gasteiger partial charge on any atom is 0.337 e. The normalized spacial score (nSPS) is 12.4. The van der Waals surface area contributed by atoms with E-state index in [0.29, 0.717) is 11.4 Å². The van der Waals surface area contributed by atoms with Crippen molar-refractivity contribution in [3.8, 4) is 0 Å². The van der Waals surface area contributed by atoms with Crippen molar-refractivity contribution in [2.75, 3.05) is 12.3 Å². The van der Waals surface area contributed by atoms with Crippen LogP contribution in [0.5, 0.6) is 0 Å². The number of aliphatic hydroxyl groups is 1. The zero-order valence-corrected chi connectivity index (χ0v) is 9.70. The van der Waals surface area contributed by atoms with Crippen LogP contribution < -0.4 is 5.73 Å². The first-order valence-electron chi connectivity index (χ1n) is 4.81. The van der Waals surface area contributed by atoms with E-state index in [1.807, 2.05) is 6.92 Å². The van der Waals surface area contributed by atoms with Crippen molar-refractivity contribution in [1.82, 2.24) is 4.98 Å². The lowest BCUT2D eigenvalue weighted by Crippen LogP contribution is -2.07. The molecule has 6 heteroatoms. The highest BCUT2D eigenvalue weighted by atomic mass is 32.2. The van der Waals surface area contributed by atoms with Crippen molar-refractivity contribution in [2.24, 2.45) is 0 Å². The van der Waals surface area contributed by atoms with Gasteiger partial charge in [0.2, 0.25) is 0 Å². The van der Waals surface area contributed by atoms with E-state index in [9.17, 15) is 4.79 Å². The molecule has 1 unspecified atom stereocenters. The van der Waals surface area contributed by atoms with Gasteiger partial charge in [0.1, 0.15) is 5.03 Å². The number of aliphatic hydroxyl groups excluding tert-OH is 1. The Labute approximate surface area is 97.7 Å². The van der Waals surface area contributed by atoms with Crippen molar-refractivity contribution in [1.29, 1.82) is 0 Å². The van der Waals surface area contributed by atoms with Gasteiger partial charge in [0.05, 0.1) is 11.3 Å². The molecule has 1 rings (SSSR count).